The molecule has 0 spiro atoms. The molecule has 2 aromatic carbocycles. The fraction of sp³-hybridized carbons (Fsp3) is 0.393. The standard InChI is InChI=1S/C28H37N3O6/c1-8-19-10-9-11-20(16-19)24(25(33)29-21-12-14-22(36-7)15-13-21)31(18(2)3)26(34)23(17-32)30-27(35)37-28(4,5)6/h8-16,18,23-24,32H,1,17H2,2-7H3,(H,29,33)(H,30,35). The lowest BCUT2D eigenvalue weighted by atomic mass is 9.99. The second-order valence-corrected chi connectivity index (χ2v) is 9.72. The number of benzene rings is 2. The highest BCUT2D eigenvalue weighted by Crippen LogP contribution is 2.28. The van der Waals surface area contributed by atoms with E-state index in [0.717, 1.165) is 5.56 Å². The molecule has 0 aliphatic carbocycles. The van der Waals surface area contributed by atoms with Gasteiger partial charge in [-0.1, -0.05) is 30.9 Å². The van der Waals surface area contributed by atoms with Gasteiger partial charge < -0.3 is 30.1 Å². The Hall–Kier alpha value is -3.85. The van der Waals surface area contributed by atoms with Gasteiger partial charge in [0.2, 0.25) is 5.91 Å². The minimum Gasteiger partial charge on any atom is -0.497 e. The minimum absolute atomic E-state index is 0.470. The Morgan fingerprint density at radius 1 is 1.11 bits per heavy atom. The van der Waals surface area contributed by atoms with Crippen LogP contribution in [0.1, 0.15) is 51.8 Å². The Morgan fingerprint density at radius 3 is 2.27 bits per heavy atom. The van der Waals surface area contributed by atoms with Crippen LogP contribution in [0.2, 0.25) is 0 Å². The third kappa shape index (κ3) is 8.35. The van der Waals surface area contributed by atoms with E-state index in [1.165, 1.54) is 4.90 Å². The summed E-state index contributed by atoms with van der Waals surface area (Å²) in [5, 5.41) is 15.3. The normalized spacial score (nSPS) is 12.8. The summed E-state index contributed by atoms with van der Waals surface area (Å²) in [6, 6.07) is 11.0. The molecule has 3 N–H and O–H groups in total. The number of aliphatic hydroxyl groups excluding tert-OH is 1. The number of carbonyl (C=O) groups excluding carboxylic acids is 3. The van der Waals surface area contributed by atoms with Crippen molar-refractivity contribution in [1.82, 2.24) is 10.2 Å². The number of nitrogens with zero attached hydrogens (tertiary/aromatic N) is 1. The minimum atomic E-state index is -1.32. The molecule has 0 aromatic heterocycles. The zero-order valence-corrected chi connectivity index (χ0v) is 22.3. The molecular formula is C28H37N3O6. The topological polar surface area (TPSA) is 117 Å². The summed E-state index contributed by atoms with van der Waals surface area (Å²) in [5.41, 5.74) is 1.02. The molecule has 0 radical (unpaired) electrons. The fourth-order valence-corrected chi connectivity index (χ4v) is 3.67. The van der Waals surface area contributed by atoms with Crippen LogP contribution in [0.3, 0.4) is 0 Å². The summed E-state index contributed by atoms with van der Waals surface area (Å²) < 4.78 is 10.4. The third-order valence-corrected chi connectivity index (χ3v) is 5.33. The molecule has 9 nitrogen and oxygen atoms in total. The number of methoxy groups -OCH3 is 1. The van der Waals surface area contributed by atoms with Gasteiger partial charge in [0.1, 0.15) is 23.4 Å². The molecule has 2 aromatic rings. The van der Waals surface area contributed by atoms with Crippen LogP contribution in [-0.2, 0) is 14.3 Å². The average Bonchev–Trinajstić information content (AvgIpc) is 2.84. The zero-order chi connectivity index (χ0) is 27.8. The predicted molar refractivity (Wildman–Crippen MR) is 143 cm³/mol. The van der Waals surface area contributed by atoms with Crippen molar-refractivity contribution in [3.63, 3.8) is 0 Å². The van der Waals surface area contributed by atoms with E-state index in [9.17, 15) is 19.5 Å². The number of carbonyl (C=O) groups is 3. The maximum Gasteiger partial charge on any atom is 0.408 e. The first-order valence-corrected chi connectivity index (χ1v) is 12.0. The highest BCUT2D eigenvalue weighted by Gasteiger charge is 2.37. The van der Waals surface area contributed by atoms with Crippen LogP contribution in [0.15, 0.2) is 55.1 Å². The molecule has 37 heavy (non-hydrogen) atoms. The van der Waals surface area contributed by atoms with Crippen LogP contribution >= 0.6 is 0 Å². The molecule has 0 saturated carbocycles. The van der Waals surface area contributed by atoms with Gasteiger partial charge in [0.05, 0.1) is 13.7 Å². The predicted octanol–water partition coefficient (Wildman–Crippen LogP) is 4.14. The molecular weight excluding hydrogens is 474 g/mol. The molecule has 0 heterocycles. The number of rotatable bonds is 10. The first kappa shape index (κ1) is 29.4. The van der Waals surface area contributed by atoms with Gasteiger partial charge in [-0.15, -0.1) is 0 Å². The van der Waals surface area contributed by atoms with Gasteiger partial charge in [-0.05, 0) is 76.1 Å². The summed E-state index contributed by atoms with van der Waals surface area (Å²) in [6.45, 7) is 11.7. The molecule has 2 unspecified atom stereocenters. The van der Waals surface area contributed by atoms with Crippen molar-refractivity contribution in [2.45, 2.75) is 58.3 Å². The lowest BCUT2D eigenvalue weighted by Crippen LogP contribution is -2.55. The highest BCUT2D eigenvalue weighted by molar-refractivity contribution is 5.99. The third-order valence-electron chi connectivity index (χ3n) is 5.33. The molecule has 0 bridgehead atoms. The molecule has 2 rings (SSSR count). The maximum absolute atomic E-state index is 13.7. The summed E-state index contributed by atoms with van der Waals surface area (Å²) in [5.74, 6) is -0.476. The largest absolute Gasteiger partial charge is 0.497 e. The van der Waals surface area contributed by atoms with Crippen molar-refractivity contribution in [1.29, 1.82) is 0 Å². The number of anilines is 1. The van der Waals surface area contributed by atoms with Crippen LogP contribution < -0.4 is 15.4 Å². The van der Waals surface area contributed by atoms with Crippen LogP contribution in [0.5, 0.6) is 5.75 Å². The Balaban J connectivity index is 2.48. The Kier molecular flexibility index (Phi) is 10.3. The lowest BCUT2D eigenvalue weighted by molar-refractivity contribution is -0.143. The molecule has 3 amide bonds. The molecule has 200 valence electrons. The van der Waals surface area contributed by atoms with E-state index >= 15 is 0 Å². The van der Waals surface area contributed by atoms with E-state index in [-0.39, 0.29) is 0 Å². The van der Waals surface area contributed by atoms with Crippen molar-refractivity contribution in [2.75, 3.05) is 19.0 Å². The van der Waals surface area contributed by atoms with Crippen molar-refractivity contribution < 1.29 is 29.0 Å². The molecule has 0 fully saturated rings. The van der Waals surface area contributed by atoms with Crippen molar-refractivity contribution in [3.8, 4) is 5.75 Å². The van der Waals surface area contributed by atoms with Crippen molar-refractivity contribution >= 4 is 29.7 Å². The van der Waals surface area contributed by atoms with Gasteiger partial charge in [0.25, 0.3) is 5.91 Å². The van der Waals surface area contributed by atoms with Gasteiger partial charge in [-0.3, -0.25) is 9.59 Å². The lowest BCUT2D eigenvalue weighted by Gasteiger charge is -2.37. The number of aliphatic hydroxyl groups is 1. The molecule has 0 aliphatic heterocycles. The first-order valence-electron chi connectivity index (χ1n) is 12.0. The smallest absolute Gasteiger partial charge is 0.408 e. The van der Waals surface area contributed by atoms with Crippen molar-refractivity contribution in [2.24, 2.45) is 0 Å². The van der Waals surface area contributed by atoms with Gasteiger partial charge in [0, 0.05) is 11.7 Å². The summed E-state index contributed by atoms with van der Waals surface area (Å²) in [6.07, 6.45) is 0.792. The fourth-order valence-electron chi connectivity index (χ4n) is 3.67. The van der Waals surface area contributed by atoms with E-state index in [0.29, 0.717) is 17.0 Å². The molecule has 0 aliphatic rings. The SMILES string of the molecule is C=Cc1cccc(C(C(=O)Nc2ccc(OC)cc2)N(C(=O)C(CO)NC(=O)OC(C)(C)C)C(C)C)c1. The second kappa shape index (κ2) is 12.9. The summed E-state index contributed by atoms with van der Waals surface area (Å²) >= 11 is 0. The van der Waals surface area contributed by atoms with Gasteiger partial charge in [0.15, 0.2) is 0 Å². The van der Waals surface area contributed by atoms with Gasteiger partial charge in [-0.2, -0.15) is 0 Å². The monoisotopic (exact) mass is 511 g/mol. The number of amides is 3. The van der Waals surface area contributed by atoms with E-state index in [1.54, 1.807) is 90.3 Å². The Morgan fingerprint density at radius 2 is 1.76 bits per heavy atom. The molecule has 9 heteroatoms. The number of hydrogen-bond acceptors (Lipinski definition) is 6. The quantitative estimate of drug-likeness (QED) is 0.441. The Bertz CT molecular complexity index is 1090. The van der Waals surface area contributed by atoms with E-state index in [2.05, 4.69) is 17.2 Å². The maximum atomic E-state index is 13.7. The summed E-state index contributed by atoms with van der Waals surface area (Å²) in [4.78, 5) is 41.1. The van der Waals surface area contributed by atoms with Gasteiger partial charge in [-0.25, -0.2) is 4.79 Å². The molecule has 0 saturated heterocycles. The van der Waals surface area contributed by atoms with Gasteiger partial charge >= 0.3 is 6.09 Å². The highest BCUT2D eigenvalue weighted by atomic mass is 16.6. The number of ether oxygens (including phenoxy) is 2. The number of alkyl carbamates (subject to hydrolysis) is 1. The average molecular weight is 512 g/mol. The number of nitrogens with one attached hydrogen (secondary N) is 2. The zero-order valence-electron chi connectivity index (χ0n) is 22.3. The van der Waals surface area contributed by atoms with E-state index < -0.39 is 48.2 Å². The van der Waals surface area contributed by atoms with Crippen LogP contribution in [0.4, 0.5) is 10.5 Å². The summed E-state index contributed by atoms with van der Waals surface area (Å²) in [7, 11) is 1.55. The van der Waals surface area contributed by atoms with Crippen molar-refractivity contribution in [3.05, 3.63) is 66.2 Å². The first-order chi connectivity index (χ1) is 17.4. The Labute approximate surface area is 218 Å². The van der Waals surface area contributed by atoms with E-state index in [4.69, 9.17) is 9.47 Å². The van der Waals surface area contributed by atoms with Crippen LogP contribution in [0, 0.1) is 0 Å². The second-order valence-electron chi connectivity index (χ2n) is 9.72. The van der Waals surface area contributed by atoms with E-state index in [1.807, 2.05) is 6.07 Å². The van der Waals surface area contributed by atoms with Crippen LogP contribution in [-0.4, -0.2) is 59.3 Å². The number of hydrogen-bond donors (Lipinski definition) is 3. The van der Waals surface area contributed by atoms with Crippen LogP contribution in [0.25, 0.3) is 6.08 Å². The molecule has 2 atom stereocenters.